The molecule has 0 aromatic heterocycles. The number of ketones is 1. The predicted octanol–water partition coefficient (Wildman–Crippen LogP) is 2.77. The first-order valence-electron chi connectivity index (χ1n) is 5.23. The summed E-state index contributed by atoms with van der Waals surface area (Å²) in [4.78, 5) is 21.2. The minimum absolute atomic E-state index is 0.0280. The number of carbonyl (C=O) groups excluding carboxylic acids is 1. The largest absolute Gasteiger partial charge is 0.479 e. The number of hydrogen-bond acceptors (Lipinski definition) is 3. The maximum Gasteiger partial charge on any atom is 0.337 e. The molecule has 4 nitrogen and oxygen atoms in total. The molecule has 7 heteroatoms. The number of rotatable bonds is 5. The van der Waals surface area contributed by atoms with Crippen LogP contribution < -0.4 is 0 Å². The number of Topliss-reactive ketones (excluding diaryl/α,β-unsaturated/α-hetero) is 1. The summed E-state index contributed by atoms with van der Waals surface area (Å²) in [5.74, 6) is -2.04. The molecule has 0 amide bonds. The van der Waals surface area contributed by atoms with Crippen LogP contribution in [0, 0.1) is 0 Å². The summed E-state index contributed by atoms with van der Waals surface area (Å²) in [6, 6.07) is 3.63. The number of aliphatic carboxylic acids is 1. The highest BCUT2D eigenvalue weighted by molar-refractivity contribution is 9.09. The number of halogens is 3. The van der Waals surface area contributed by atoms with Gasteiger partial charge in [0.25, 0.3) is 6.43 Å². The van der Waals surface area contributed by atoms with Crippen molar-refractivity contribution in [1.82, 2.24) is 0 Å². The van der Waals surface area contributed by atoms with Gasteiger partial charge in [-0.05, 0) is 12.5 Å². The van der Waals surface area contributed by atoms with Crippen LogP contribution in [0.25, 0.3) is 0 Å². The summed E-state index contributed by atoms with van der Waals surface area (Å²) >= 11 is 3.00. The third kappa shape index (κ3) is 3.36. The third-order valence-corrected chi connectivity index (χ3v) is 3.68. The monoisotopic (exact) mass is 336 g/mol. The normalized spacial score (nSPS) is 14.2. The Morgan fingerprint density at radius 3 is 2.21 bits per heavy atom. The van der Waals surface area contributed by atoms with Crippen molar-refractivity contribution in [2.24, 2.45) is 0 Å². The van der Waals surface area contributed by atoms with Gasteiger partial charge in [0.05, 0.1) is 4.83 Å². The van der Waals surface area contributed by atoms with Crippen molar-refractivity contribution >= 4 is 27.7 Å². The Balaban J connectivity index is 3.50. The van der Waals surface area contributed by atoms with E-state index in [-0.39, 0.29) is 11.3 Å². The fourth-order valence-electron chi connectivity index (χ4n) is 1.67. The van der Waals surface area contributed by atoms with Crippen molar-refractivity contribution < 1.29 is 28.6 Å². The van der Waals surface area contributed by atoms with Crippen LogP contribution in [-0.2, 0) is 9.59 Å². The summed E-state index contributed by atoms with van der Waals surface area (Å²) in [5, 5.41) is 18.4. The van der Waals surface area contributed by atoms with Crippen molar-refractivity contribution in [3.63, 3.8) is 0 Å². The fraction of sp³-hybridized carbons (Fsp3) is 0.333. The number of carboxylic acid groups (broad SMARTS) is 1. The molecular formula is C12H11BrF2O4. The Morgan fingerprint density at radius 2 is 1.79 bits per heavy atom. The standard InChI is InChI=1S/C12H11BrF2O4/c1-5(16)9(13)6-3-2-4-7(11(14)15)8(6)10(17)12(18)19/h2-4,9-11,17H,1H3,(H,18,19). The van der Waals surface area contributed by atoms with Gasteiger partial charge in [0, 0.05) is 11.1 Å². The molecule has 0 aliphatic carbocycles. The second-order valence-corrected chi connectivity index (χ2v) is 4.78. The highest BCUT2D eigenvalue weighted by Gasteiger charge is 2.29. The zero-order chi connectivity index (χ0) is 14.7. The van der Waals surface area contributed by atoms with Crippen molar-refractivity contribution in [1.29, 1.82) is 0 Å². The molecule has 0 heterocycles. The number of hydrogen-bond donors (Lipinski definition) is 2. The SMILES string of the molecule is CC(=O)C(Br)c1cccc(C(F)F)c1C(O)C(=O)O. The molecule has 1 aromatic carbocycles. The van der Waals surface area contributed by atoms with Crippen molar-refractivity contribution in [2.75, 3.05) is 0 Å². The zero-order valence-corrected chi connectivity index (χ0v) is 11.4. The Morgan fingerprint density at radius 1 is 1.26 bits per heavy atom. The number of carboxylic acids is 1. The van der Waals surface area contributed by atoms with Crippen molar-refractivity contribution in [2.45, 2.75) is 24.3 Å². The van der Waals surface area contributed by atoms with Crippen LogP contribution in [-0.4, -0.2) is 22.0 Å². The van der Waals surface area contributed by atoms with E-state index < -0.39 is 34.5 Å². The van der Waals surface area contributed by atoms with Gasteiger partial charge in [0.2, 0.25) is 0 Å². The lowest BCUT2D eigenvalue weighted by atomic mass is 9.93. The minimum Gasteiger partial charge on any atom is -0.479 e. The Hall–Kier alpha value is -1.34. The Bertz CT molecular complexity index is 505. The van der Waals surface area contributed by atoms with Crippen molar-refractivity contribution in [3.8, 4) is 0 Å². The molecule has 2 unspecified atom stereocenters. The van der Waals surface area contributed by atoms with Gasteiger partial charge in [-0.15, -0.1) is 0 Å². The van der Waals surface area contributed by atoms with E-state index in [1.807, 2.05) is 0 Å². The number of aliphatic hydroxyl groups excluding tert-OH is 1. The Labute approximate surface area is 116 Å². The molecule has 0 saturated carbocycles. The first kappa shape index (κ1) is 15.7. The molecule has 0 radical (unpaired) electrons. The van der Waals surface area contributed by atoms with E-state index in [0.29, 0.717) is 0 Å². The topological polar surface area (TPSA) is 74.6 Å². The average molecular weight is 337 g/mol. The molecule has 0 saturated heterocycles. The Kier molecular flexibility index (Phi) is 5.13. The van der Waals surface area contributed by atoms with Gasteiger partial charge in [-0.3, -0.25) is 4.79 Å². The van der Waals surface area contributed by atoms with Gasteiger partial charge in [0.1, 0.15) is 5.78 Å². The average Bonchev–Trinajstić information content (AvgIpc) is 2.35. The van der Waals surface area contributed by atoms with Crippen molar-refractivity contribution in [3.05, 3.63) is 34.9 Å². The lowest BCUT2D eigenvalue weighted by Gasteiger charge is -2.19. The smallest absolute Gasteiger partial charge is 0.337 e. The summed E-state index contributed by atoms with van der Waals surface area (Å²) in [6.45, 7) is 1.23. The molecule has 1 aromatic rings. The van der Waals surface area contributed by atoms with E-state index in [4.69, 9.17) is 5.11 Å². The van der Waals surface area contributed by atoms with E-state index in [1.54, 1.807) is 0 Å². The summed E-state index contributed by atoms with van der Waals surface area (Å²) in [7, 11) is 0. The minimum atomic E-state index is -2.95. The first-order valence-corrected chi connectivity index (χ1v) is 6.15. The summed E-state index contributed by atoms with van der Waals surface area (Å²) in [6.07, 6.45) is -5.06. The molecule has 0 aliphatic rings. The number of carbonyl (C=O) groups is 2. The maximum absolute atomic E-state index is 12.9. The van der Waals surface area contributed by atoms with Crippen LogP contribution in [0.3, 0.4) is 0 Å². The molecule has 19 heavy (non-hydrogen) atoms. The van der Waals surface area contributed by atoms with Crippen LogP contribution >= 0.6 is 15.9 Å². The van der Waals surface area contributed by atoms with Gasteiger partial charge < -0.3 is 10.2 Å². The van der Waals surface area contributed by atoms with E-state index in [0.717, 1.165) is 6.07 Å². The number of alkyl halides is 3. The highest BCUT2D eigenvalue weighted by Crippen LogP contribution is 2.36. The molecule has 0 spiro atoms. The lowest BCUT2D eigenvalue weighted by Crippen LogP contribution is -2.17. The molecule has 2 N–H and O–H groups in total. The highest BCUT2D eigenvalue weighted by atomic mass is 79.9. The zero-order valence-electron chi connectivity index (χ0n) is 9.81. The van der Waals surface area contributed by atoms with Gasteiger partial charge >= 0.3 is 5.97 Å². The van der Waals surface area contributed by atoms with Crippen LogP contribution in [0.15, 0.2) is 18.2 Å². The van der Waals surface area contributed by atoms with E-state index in [9.17, 15) is 23.5 Å². The van der Waals surface area contributed by atoms with E-state index in [2.05, 4.69) is 15.9 Å². The van der Waals surface area contributed by atoms with Gasteiger partial charge in [-0.2, -0.15) is 0 Å². The molecule has 0 fully saturated rings. The molecule has 1 rings (SSSR count). The number of aliphatic hydroxyl groups is 1. The van der Waals surface area contributed by atoms with Gasteiger partial charge in [0.15, 0.2) is 6.10 Å². The fourth-order valence-corrected chi connectivity index (χ4v) is 2.07. The van der Waals surface area contributed by atoms with Crippen LogP contribution in [0.5, 0.6) is 0 Å². The number of benzene rings is 1. The van der Waals surface area contributed by atoms with Crippen LogP contribution in [0.4, 0.5) is 8.78 Å². The molecule has 0 bridgehead atoms. The molecule has 104 valence electrons. The molecule has 2 atom stereocenters. The third-order valence-electron chi connectivity index (χ3n) is 2.55. The quantitative estimate of drug-likeness (QED) is 0.811. The summed E-state index contributed by atoms with van der Waals surface area (Å²) < 4.78 is 25.8. The second-order valence-electron chi connectivity index (χ2n) is 3.86. The molecular weight excluding hydrogens is 326 g/mol. The second kappa shape index (κ2) is 6.21. The van der Waals surface area contributed by atoms with Crippen LogP contribution in [0.1, 0.15) is 41.0 Å². The summed E-state index contributed by atoms with van der Waals surface area (Å²) in [5.41, 5.74) is -1.01. The lowest BCUT2D eigenvalue weighted by molar-refractivity contribution is -0.147. The van der Waals surface area contributed by atoms with Gasteiger partial charge in [-0.1, -0.05) is 34.1 Å². The van der Waals surface area contributed by atoms with E-state index in [1.165, 1.54) is 19.1 Å². The maximum atomic E-state index is 12.9. The van der Waals surface area contributed by atoms with Gasteiger partial charge in [-0.25, -0.2) is 13.6 Å². The molecule has 0 aliphatic heterocycles. The van der Waals surface area contributed by atoms with E-state index >= 15 is 0 Å². The van der Waals surface area contributed by atoms with Crippen LogP contribution in [0.2, 0.25) is 0 Å². The predicted molar refractivity (Wildman–Crippen MR) is 66.3 cm³/mol. The first-order chi connectivity index (χ1) is 8.77.